The van der Waals surface area contributed by atoms with Gasteiger partial charge in [-0.1, -0.05) is 23.7 Å². The van der Waals surface area contributed by atoms with Crippen LogP contribution in [0.2, 0.25) is 0 Å². The first-order valence-electron chi connectivity index (χ1n) is 7.61. The molecule has 9 heteroatoms. The third kappa shape index (κ3) is 2.25. The van der Waals surface area contributed by atoms with Crippen molar-refractivity contribution in [1.29, 1.82) is 0 Å². The van der Waals surface area contributed by atoms with Gasteiger partial charge in [-0.05, 0) is 11.5 Å². The number of rotatable bonds is 3. The summed E-state index contributed by atoms with van der Waals surface area (Å²) < 4.78 is 1.67. The average Bonchev–Trinajstić information content (AvgIpc) is 3.06. The van der Waals surface area contributed by atoms with E-state index in [1.54, 1.807) is 18.8 Å². The minimum atomic E-state index is 0.00926. The molecule has 0 bridgehead atoms. The van der Waals surface area contributed by atoms with Crippen molar-refractivity contribution in [3.63, 3.8) is 0 Å². The van der Waals surface area contributed by atoms with Crippen molar-refractivity contribution in [3.05, 3.63) is 53.0 Å². The Morgan fingerprint density at radius 3 is 3.00 bits per heavy atom. The molecule has 0 saturated heterocycles. The van der Waals surface area contributed by atoms with E-state index in [0.717, 1.165) is 21.9 Å². The number of nitrogens with one attached hydrogen (secondary N) is 2. The molecule has 0 aliphatic carbocycles. The molecule has 2 N–H and O–H groups in total. The van der Waals surface area contributed by atoms with Gasteiger partial charge in [0.2, 0.25) is 13.5 Å². The van der Waals surface area contributed by atoms with Crippen LogP contribution >= 0.6 is 0 Å². The average molecular weight is 316 g/mol. The maximum absolute atomic E-state index is 12.6. The molecule has 3 heterocycles. The summed E-state index contributed by atoms with van der Waals surface area (Å²) in [5, 5.41) is 4.96. The topological polar surface area (TPSA) is 88.5 Å². The summed E-state index contributed by atoms with van der Waals surface area (Å²) in [7, 11) is 3.74. The Kier molecular flexibility index (Phi) is 3.34. The molecule has 4 aromatic rings. The number of fused-ring (bicyclic) bond motifs is 2. The number of nitrogens with zero attached hydrogens (tertiary/aromatic N) is 4. The molecule has 7 nitrogen and oxygen atoms in total. The van der Waals surface area contributed by atoms with Crippen LogP contribution in [0.25, 0.3) is 21.9 Å². The Hall–Kier alpha value is -3.09. The first-order chi connectivity index (χ1) is 11.6. The SMILES string of the molecule is Bc1cccc2cc(CNc3ncnc4[nH]cnc34)n(B)c(=O)c12. The predicted octanol–water partition coefficient (Wildman–Crippen LogP) is -1.07. The van der Waals surface area contributed by atoms with Gasteiger partial charge < -0.3 is 14.8 Å². The Morgan fingerprint density at radius 1 is 1.25 bits per heavy atom. The second-order valence-electron chi connectivity index (χ2n) is 5.71. The van der Waals surface area contributed by atoms with Crippen LogP contribution in [0, 0.1) is 0 Å². The van der Waals surface area contributed by atoms with Crippen LogP contribution in [0.5, 0.6) is 0 Å². The van der Waals surface area contributed by atoms with Crippen molar-refractivity contribution in [3.8, 4) is 0 Å². The molecule has 116 valence electrons. The molecule has 0 atom stereocenters. The monoisotopic (exact) mass is 316 g/mol. The van der Waals surface area contributed by atoms with Crippen molar-refractivity contribution in [1.82, 2.24) is 24.4 Å². The lowest BCUT2D eigenvalue weighted by Crippen LogP contribution is -2.27. The van der Waals surface area contributed by atoms with Crippen molar-refractivity contribution >= 4 is 49.0 Å². The molecule has 0 radical (unpaired) electrons. The fourth-order valence-electron chi connectivity index (χ4n) is 2.92. The van der Waals surface area contributed by atoms with Gasteiger partial charge >= 0.3 is 0 Å². The number of benzene rings is 1. The summed E-state index contributed by atoms with van der Waals surface area (Å²) in [4.78, 5) is 28.2. The summed E-state index contributed by atoms with van der Waals surface area (Å²) in [6, 6.07) is 7.91. The van der Waals surface area contributed by atoms with Crippen LogP contribution in [0.4, 0.5) is 5.82 Å². The van der Waals surface area contributed by atoms with E-state index >= 15 is 0 Å². The van der Waals surface area contributed by atoms with Gasteiger partial charge in [0.05, 0.1) is 12.9 Å². The molecule has 3 aromatic heterocycles. The van der Waals surface area contributed by atoms with Crippen LogP contribution in [-0.4, -0.2) is 40.2 Å². The molecule has 0 aliphatic heterocycles. The van der Waals surface area contributed by atoms with E-state index in [9.17, 15) is 4.79 Å². The van der Waals surface area contributed by atoms with Gasteiger partial charge in [-0.15, -0.1) is 0 Å². The number of H-pyrrole nitrogens is 1. The normalized spacial score (nSPS) is 11.2. The molecule has 4 rings (SSSR count). The largest absolute Gasteiger partial charge is 0.363 e. The van der Waals surface area contributed by atoms with Gasteiger partial charge in [-0.25, -0.2) is 15.0 Å². The van der Waals surface area contributed by atoms with Gasteiger partial charge in [0.25, 0.3) is 0 Å². The first-order valence-corrected chi connectivity index (χ1v) is 7.61. The molecular weight excluding hydrogens is 302 g/mol. The van der Waals surface area contributed by atoms with Gasteiger partial charge in [-0.2, -0.15) is 0 Å². The summed E-state index contributed by atoms with van der Waals surface area (Å²) in [5.41, 5.74) is 3.23. The van der Waals surface area contributed by atoms with Gasteiger partial charge in [0.15, 0.2) is 11.5 Å². The van der Waals surface area contributed by atoms with Crippen LogP contribution < -0.4 is 16.3 Å². The number of aromatic nitrogens is 5. The number of anilines is 1. The zero-order valence-electron chi connectivity index (χ0n) is 13.4. The second kappa shape index (κ2) is 5.52. The van der Waals surface area contributed by atoms with Gasteiger partial charge in [-0.3, -0.25) is 4.79 Å². The van der Waals surface area contributed by atoms with Crippen molar-refractivity contribution in [2.75, 3.05) is 5.32 Å². The van der Waals surface area contributed by atoms with E-state index in [1.165, 1.54) is 6.33 Å². The number of imidazole rings is 1. The molecular formula is C15H14B2N6O. The molecule has 1 aromatic carbocycles. The Balaban J connectivity index is 1.74. The van der Waals surface area contributed by atoms with Crippen LogP contribution in [0.1, 0.15) is 5.69 Å². The molecule has 0 fully saturated rings. The van der Waals surface area contributed by atoms with Crippen molar-refractivity contribution in [2.45, 2.75) is 6.54 Å². The minimum absolute atomic E-state index is 0.00926. The van der Waals surface area contributed by atoms with Crippen LogP contribution in [0.3, 0.4) is 0 Å². The number of aromatic amines is 1. The Morgan fingerprint density at radius 2 is 2.12 bits per heavy atom. The highest BCUT2D eigenvalue weighted by Crippen LogP contribution is 2.16. The van der Waals surface area contributed by atoms with Gasteiger partial charge in [0, 0.05) is 11.1 Å². The highest BCUT2D eigenvalue weighted by atomic mass is 16.1. The van der Waals surface area contributed by atoms with E-state index < -0.39 is 0 Å². The number of hydrogen-bond acceptors (Lipinski definition) is 5. The fraction of sp³-hybridized carbons (Fsp3) is 0.0667. The second-order valence-corrected chi connectivity index (χ2v) is 5.71. The van der Waals surface area contributed by atoms with Crippen LogP contribution in [-0.2, 0) is 6.54 Å². The highest BCUT2D eigenvalue weighted by molar-refractivity contribution is 6.38. The lowest BCUT2D eigenvalue weighted by molar-refractivity contribution is 0.968. The predicted molar refractivity (Wildman–Crippen MR) is 99.3 cm³/mol. The maximum atomic E-state index is 12.6. The lowest BCUT2D eigenvalue weighted by atomic mass is 9.90. The quantitative estimate of drug-likeness (QED) is 0.470. The molecule has 0 unspecified atom stereocenters. The summed E-state index contributed by atoms with van der Waals surface area (Å²) >= 11 is 0. The minimum Gasteiger partial charge on any atom is -0.363 e. The van der Waals surface area contributed by atoms with Gasteiger partial charge in [0.1, 0.15) is 19.7 Å². The van der Waals surface area contributed by atoms with Crippen LogP contribution in [0.15, 0.2) is 41.7 Å². The standard InChI is InChI=1S/C15H14B2N6O/c16-10-3-1-2-8-4-9(23(17)15(24)11(8)10)5-18-13-12-14(20-6-19-12)22-7-21-13/h1-4,6-7H,5,16-17H2,(H2,18,19,20,21,22). The molecule has 0 saturated carbocycles. The van der Waals surface area contributed by atoms with E-state index in [0.29, 0.717) is 23.5 Å². The molecule has 0 spiro atoms. The van der Waals surface area contributed by atoms with E-state index in [2.05, 4.69) is 25.3 Å². The number of hydrogen-bond donors (Lipinski definition) is 2. The molecule has 0 amide bonds. The lowest BCUT2D eigenvalue weighted by Gasteiger charge is -2.13. The van der Waals surface area contributed by atoms with Crippen molar-refractivity contribution < 1.29 is 0 Å². The zero-order chi connectivity index (χ0) is 16.7. The smallest absolute Gasteiger partial charge is 0.245 e. The molecule has 0 aliphatic rings. The summed E-state index contributed by atoms with van der Waals surface area (Å²) in [6.07, 6.45) is 3.06. The zero-order valence-corrected chi connectivity index (χ0v) is 13.4. The van der Waals surface area contributed by atoms with E-state index in [-0.39, 0.29) is 5.56 Å². The Labute approximate surface area is 139 Å². The van der Waals surface area contributed by atoms with E-state index in [1.807, 2.05) is 32.1 Å². The fourth-order valence-corrected chi connectivity index (χ4v) is 2.92. The van der Waals surface area contributed by atoms with Crippen molar-refractivity contribution in [2.24, 2.45) is 0 Å². The number of pyridine rings is 1. The highest BCUT2D eigenvalue weighted by Gasteiger charge is 2.10. The molecule has 24 heavy (non-hydrogen) atoms. The third-order valence-corrected chi connectivity index (χ3v) is 4.23. The first kappa shape index (κ1) is 14.5. The Bertz CT molecular complexity index is 1120. The maximum Gasteiger partial charge on any atom is 0.245 e. The third-order valence-electron chi connectivity index (χ3n) is 4.23. The summed E-state index contributed by atoms with van der Waals surface area (Å²) in [6.45, 7) is 0.467. The summed E-state index contributed by atoms with van der Waals surface area (Å²) in [5.74, 6) is 0.637. The van der Waals surface area contributed by atoms with E-state index in [4.69, 9.17) is 0 Å².